The Morgan fingerprint density at radius 1 is 1.00 bits per heavy atom. The van der Waals surface area contributed by atoms with E-state index in [1.54, 1.807) is 18.3 Å². The van der Waals surface area contributed by atoms with E-state index >= 15 is 0 Å². The van der Waals surface area contributed by atoms with E-state index in [9.17, 15) is 4.39 Å². The lowest BCUT2D eigenvalue weighted by molar-refractivity contribution is 0.509. The topological polar surface area (TPSA) is 67.6 Å². The molecule has 4 aromatic rings. The van der Waals surface area contributed by atoms with E-state index in [4.69, 9.17) is 4.42 Å². The number of aromatic amines is 1. The summed E-state index contributed by atoms with van der Waals surface area (Å²) in [5.41, 5.74) is 3.78. The molecule has 2 heterocycles. The smallest absolute Gasteiger partial charge is 0.247 e. The van der Waals surface area contributed by atoms with Gasteiger partial charge in [-0.05, 0) is 55.8 Å². The number of halogens is 1. The largest absolute Gasteiger partial charge is 0.419 e. The number of hydrogen-bond donors (Lipinski definition) is 1. The predicted molar refractivity (Wildman–Crippen MR) is 103 cm³/mol. The van der Waals surface area contributed by atoms with Gasteiger partial charge >= 0.3 is 0 Å². The highest BCUT2D eigenvalue weighted by molar-refractivity contribution is 7.99. The molecule has 0 saturated carbocycles. The molecule has 0 bridgehead atoms. The van der Waals surface area contributed by atoms with Crippen LogP contribution in [0.25, 0.3) is 22.7 Å². The summed E-state index contributed by atoms with van der Waals surface area (Å²) in [5, 5.41) is 8.98. The molecular weight excluding hydrogens is 363 g/mol. The summed E-state index contributed by atoms with van der Waals surface area (Å²) in [4.78, 5) is 7.61. The molecule has 0 aliphatic heterocycles. The molecular formula is C20H17FN4OS. The molecule has 27 heavy (non-hydrogen) atoms. The third kappa shape index (κ3) is 3.93. The van der Waals surface area contributed by atoms with Crippen molar-refractivity contribution in [3.8, 4) is 22.7 Å². The molecule has 0 radical (unpaired) electrons. The van der Waals surface area contributed by atoms with E-state index in [2.05, 4.69) is 20.2 Å². The molecule has 2 aromatic heterocycles. The summed E-state index contributed by atoms with van der Waals surface area (Å²) < 4.78 is 18.9. The van der Waals surface area contributed by atoms with Crippen molar-refractivity contribution in [3.05, 3.63) is 72.0 Å². The minimum absolute atomic E-state index is 0.0658. The Bertz CT molecular complexity index is 1040. The first-order chi connectivity index (χ1) is 13.1. The van der Waals surface area contributed by atoms with E-state index in [0.717, 1.165) is 22.0 Å². The fourth-order valence-electron chi connectivity index (χ4n) is 2.57. The second-order valence-corrected chi connectivity index (χ2v) is 7.51. The van der Waals surface area contributed by atoms with Gasteiger partial charge in [0, 0.05) is 5.56 Å². The summed E-state index contributed by atoms with van der Waals surface area (Å²) in [6, 6.07) is 14.2. The van der Waals surface area contributed by atoms with E-state index in [1.807, 2.05) is 38.1 Å². The quantitative estimate of drug-likeness (QED) is 0.468. The van der Waals surface area contributed by atoms with E-state index < -0.39 is 0 Å². The molecule has 2 aromatic carbocycles. The van der Waals surface area contributed by atoms with Gasteiger partial charge in [0.2, 0.25) is 11.8 Å². The van der Waals surface area contributed by atoms with Crippen molar-refractivity contribution < 1.29 is 8.81 Å². The first-order valence-electron chi connectivity index (χ1n) is 8.46. The van der Waals surface area contributed by atoms with Crippen molar-refractivity contribution in [2.45, 2.75) is 24.3 Å². The van der Waals surface area contributed by atoms with Crippen LogP contribution in [0.2, 0.25) is 0 Å². The third-order valence-electron chi connectivity index (χ3n) is 4.08. The van der Waals surface area contributed by atoms with Gasteiger partial charge in [-0.15, -0.1) is 10.2 Å². The molecule has 0 fully saturated rings. The standard InChI is InChI=1S/C20H17FN4OS/c1-12-3-5-15(6-4-12)19-25-24-18(26-19)13(2)27-20-22-11-17(23-20)14-7-9-16(21)10-8-14/h3-11,13H,1-2H3,(H,22,23)/t13-/m0/s1. The predicted octanol–water partition coefficient (Wildman–Crippen LogP) is 5.43. The van der Waals surface area contributed by atoms with Gasteiger partial charge in [-0.25, -0.2) is 9.37 Å². The summed E-state index contributed by atoms with van der Waals surface area (Å²) in [5.74, 6) is 0.779. The van der Waals surface area contributed by atoms with Crippen molar-refractivity contribution in [2.24, 2.45) is 0 Å². The first-order valence-corrected chi connectivity index (χ1v) is 9.34. The van der Waals surface area contributed by atoms with Gasteiger partial charge in [-0.2, -0.15) is 0 Å². The maximum Gasteiger partial charge on any atom is 0.247 e. The lowest BCUT2D eigenvalue weighted by Crippen LogP contribution is -1.89. The summed E-state index contributed by atoms with van der Waals surface area (Å²) in [7, 11) is 0. The van der Waals surface area contributed by atoms with Crippen LogP contribution in [-0.4, -0.2) is 20.2 Å². The number of aromatic nitrogens is 4. The summed E-state index contributed by atoms with van der Waals surface area (Å²) in [6.45, 7) is 4.02. The van der Waals surface area contributed by atoms with Gasteiger partial charge in [-0.3, -0.25) is 0 Å². The number of rotatable bonds is 5. The number of hydrogen-bond acceptors (Lipinski definition) is 5. The van der Waals surface area contributed by atoms with Gasteiger partial charge in [-0.1, -0.05) is 29.5 Å². The molecule has 0 aliphatic rings. The number of nitrogens with zero attached hydrogens (tertiary/aromatic N) is 3. The average Bonchev–Trinajstić information content (AvgIpc) is 3.33. The molecule has 1 N–H and O–H groups in total. The third-order valence-corrected chi connectivity index (χ3v) is 5.07. The van der Waals surface area contributed by atoms with Gasteiger partial charge in [0.25, 0.3) is 0 Å². The molecule has 0 saturated heterocycles. The molecule has 136 valence electrons. The van der Waals surface area contributed by atoms with Gasteiger partial charge in [0.15, 0.2) is 5.16 Å². The maximum absolute atomic E-state index is 13.1. The van der Waals surface area contributed by atoms with E-state index in [-0.39, 0.29) is 11.1 Å². The van der Waals surface area contributed by atoms with Gasteiger partial charge in [0.05, 0.1) is 17.1 Å². The number of thioether (sulfide) groups is 1. The van der Waals surface area contributed by atoms with Crippen molar-refractivity contribution >= 4 is 11.8 Å². The van der Waals surface area contributed by atoms with Crippen LogP contribution in [0.5, 0.6) is 0 Å². The number of benzene rings is 2. The van der Waals surface area contributed by atoms with Crippen LogP contribution >= 0.6 is 11.8 Å². The second-order valence-electron chi connectivity index (χ2n) is 6.18. The number of aryl methyl sites for hydroxylation is 1. The Morgan fingerprint density at radius 3 is 2.44 bits per heavy atom. The Kier molecular flexibility index (Phi) is 4.77. The maximum atomic E-state index is 13.1. The Balaban J connectivity index is 1.47. The highest BCUT2D eigenvalue weighted by Gasteiger charge is 2.18. The normalized spacial score (nSPS) is 12.3. The zero-order chi connectivity index (χ0) is 18.8. The lowest BCUT2D eigenvalue weighted by Gasteiger charge is -2.03. The molecule has 7 heteroatoms. The molecule has 0 amide bonds. The van der Waals surface area contributed by atoms with Crippen LogP contribution in [0.15, 0.2) is 64.3 Å². The monoisotopic (exact) mass is 380 g/mol. The van der Waals surface area contributed by atoms with Crippen LogP contribution < -0.4 is 0 Å². The molecule has 4 rings (SSSR count). The Morgan fingerprint density at radius 2 is 1.70 bits per heavy atom. The average molecular weight is 380 g/mol. The molecule has 0 aliphatic carbocycles. The van der Waals surface area contributed by atoms with Crippen molar-refractivity contribution in [2.75, 3.05) is 0 Å². The van der Waals surface area contributed by atoms with Crippen molar-refractivity contribution in [3.63, 3.8) is 0 Å². The number of imidazole rings is 1. The van der Waals surface area contributed by atoms with Gasteiger partial charge in [0.1, 0.15) is 5.82 Å². The lowest BCUT2D eigenvalue weighted by atomic mass is 10.1. The fourth-order valence-corrected chi connectivity index (χ4v) is 3.38. The van der Waals surface area contributed by atoms with Crippen molar-refractivity contribution in [1.82, 2.24) is 20.2 Å². The SMILES string of the molecule is Cc1ccc(-c2nnc([C@H](C)Sc3ncc(-c4ccc(F)cc4)[nH]3)o2)cc1. The zero-order valence-electron chi connectivity index (χ0n) is 14.8. The molecule has 5 nitrogen and oxygen atoms in total. The molecule has 1 atom stereocenters. The van der Waals surface area contributed by atoms with Crippen LogP contribution in [0.1, 0.15) is 23.6 Å². The summed E-state index contributed by atoms with van der Waals surface area (Å²) in [6.07, 6.45) is 1.73. The molecule has 0 unspecified atom stereocenters. The van der Waals surface area contributed by atoms with Crippen molar-refractivity contribution in [1.29, 1.82) is 0 Å². The van der Waals surface area contributed by atoms with Crippen LogP contribution in [-0.2, 0) is 0 Å². The Hall–Kier alpha value is -2.93. The van der Waals surface area contributed by atoms with Gasteiger partial charge < -0.3 is 9.40 Å². The molecule has 0 spiro atoms. The van der Waals surface area contributed by atoms with E-state index in [0.29, 0.717) is 11.8 Å². The summed E-state index contributed by atoms with van der Waals surface area (Å²) >= 11 is 1.49. The number of H-pyrrole nitrogens is 1. The first kappa shape index (κ1) is 17.5. The van der Waals surface area contributed by atoms with Crippen LogP contribution in [0.3, 0.4) is 0 Å². The fraction of sp³-hybridized carbons (Fsp3) is 0.150. The zero-order valence-corrected chi connectivity index (χ0v) is 15.6. The minimum atomic E-state index is -0.262. The Labute approximate surface area is 160 Å². The van der Waals surface area contributed by atoms with E-state index in [1.165, 1.54) is 29.5 Å². The van der Waals surface area contributed by atoms with Crippen LogP contribution in [0.4, 0.5) is 4.39 Å². The van der Waals surface area contributed by atoms with Crippen LogP contribution in [0, 0.1) is 12.7 Å². The number of nitrogens with one attached hydrogen (secondary N) is 1. The highest BCUT2D eigenvalue weighted by atomic mass is 32.2. The second kappa shape index (κ2) is 7.36. The minimum Gasteiger partial charge on any atom is -0.419 e. The highest BCUT2D eigenvalue weighted by Crippen LogP contribution is 2.34.